The minimum atomic E-state index is -0.753. The second kappa shape index (κ2) is 12.8. The van der Waals surface area contributed by atoms with Crippen molar-refractivity contribution in [2.45, 2.75) is 38.6 Å². The number of hydrogen-bond donors (Lipinski definition) is 6. The van der Waals surface area contributed by atoms with Crippen molar-refractivity contribution in [1.29, 1.82) is 0 Å². The molecule has 0 saturated heterocycles. The molecule has 0 aromatic heterocycles. The Hall–Kier alpha value is -3.06. The van der Waals surface area contributed by atoms with E-state index in [0.29, 0.717) is 17.8 Å². The fourth-order valence-electron chi connectivity index (χ4n) is 3.03. The van der Waals surface area contributed by atoms with Gasteiger partial charge in [-0.15, -0.1) is 0 Å². The van der Waals surface area contributed by atoms with E-state index in [1.54, 1.807) is 7.05 Å². The number of phenols is 2. The second-order valence-corrected chi connectivity index (χ2v) is 10.6. The maximum atomic E-state index is 11.5. The Morgan fingerprint density at radius 3 is 2.17 bits per heavy atom. The lowest BCUT2D eigenvalue weighted by Gasteiger charge is -2.39. The van der Waals surface area contributed by atoms with Crippen molar-refractivity contribution in [2.75, 3.05) is 54.9 Å². The fourth-order valence-corrected chi connectivity index (χ4v) is 3.03. The standard InChI is InChI=1S/C12H19NO3.C7H10N4O2.C5H14NO/c1-12(2,3)13-7-11(16)8-4-9(14)6-10(15)5-8;1-10-5-4(8-3-9-5)6(12)11(2)7(10)13;1-6(2,3)4-5-7/h4-6,11,13-16H,7H2,1-3H3;3,5,12H,1-2H3,(H,8,9);7H,4-5H2,1-3H3/q;;+1/p-1. The molecule has 0 aliphatic carbocycles. The van der Waals surface area contributed by atoms with Gasteiger partial charge in [0.05, 0.1) is 45.9 Å². The highest BCUT2D eigenvalue weighted by molar-refractivity contribution is 5.79. The molecule has 0 fully saturated rings. The predicted octanol–water partition coefficient (Wildman–Crippen LogP) is -0.325. The van der Waals surface area contributed by atoms with Gasteiger partial charge in [-0.3, -0.25) is 4.90 Å². The number of fused-ring (bicyclic) bond motifs is 1. The molecule has 2 heterocycles. The molecule has 3 rings (SSSR count). The number of β-amino-alcohol motifs (C(OH)–C–C–N with tert-alkyl or cyclic N) is 1. The third kappa shape index (κ3) is 9.90. The smallest absolute Gasteiger partial charge is 0.325 e. The Labute approximate surface area is 213 Å². The molecule has 2 amide bonds. The number of nitrogens with one attached hydrogen (secondary N) is 2. The Morgan fingerprint density at radius 1 is 1.17 bits per heavy atom. The van der Waals surface area contributed by atoms with Crippen LogP contribution in [0.2, 0.25) is 0 Å². The number of aliphatic hydroxyl groups is 2. The fraction of sp³-hybridized carbons (Fsp3) is 0.583. The Bertz CT molecular complexity index is 918. The summed E-state index contributed by atoms with van der Waals surface area (Å²) in [5, 5.41) is 54.1. The zero-order valence-corrected chi connectivity index (χ0v) is 22.5. The van der Waals surface area contributed by atoms with Crippen LogP contribution in [0.25, 0.3) is 0 Å². The summed E-state index contributed by atoms with van der Waals surface area (Å²) in [5.74, 6) is -0.416. The second-order valence-electron chi connectivity index (χ2n) is 10.6. The first-order valence-electron chi connectivity index (χ1n) is 11.5. The monoisotopic (exact) mass is 510 g/mol. The Balaban J connectivity index is 0.000000291. The number of aliphatic imine (C=N–C) groups is 1. The number of aliphatic hydroxyl groups excluding tert-OH is 2. The van der Waals surface area contributed by atoms with Crippen LogP contribution in [0.3, 0.4) is 0 Å². The number of urea groups is 1. The molecule has 12 nitrogen and oxygen atoms in total. The summed E-state index contributed by atoms with van der Waals surface area (Å²) in [6, 6.07) is 3.77. The SMILES string of the molecule is CC(C)(C)NCC(O)c1cc(O)cc(O)c1.CN1C(=O)N(C)C2N=CNC2=C1[O-].C[N+](C)(C)CCO. The van der Waals surface area contributed by atoms with Gasteiger partial charge in [0.1, 0.15) is 18.0 Å². The van der Waals surface area contributed by atoms with Gasteiger partial charge in [0.25, 0.3) is 0 Å². The van der Waals surface area contributed by atoms with Gasteiger partial charge in [-0.05, 0) is 44.4 Å². The van der Waals surface area contributed by atoms with E-state index in [9.17, 15) is 25.2 Å². The average molecular weight is 511 g/mol. The van der Waals surface area contributed by atoms with Gasteiger partial charge in [0.2, 0.25) is 0 Å². The zero-order chi connectivity index (χ0) is 27.8. The number of benzene rings is 1. The van der Waals surface area contributed by atoms with Crippen molar-refractivity contribution >= 4 is 12.4 Å². The molecule has 0 spiro atoms. The minimum Gasteiger partial charge on any atom is -0.859 e. The number of aromatic hydroxyl groups is 2. The molecule has 1 aromatic carbocycles. The molecule has 12 heteroatoms. The largest absolute Gasteiger partial charge is 0.859 e. The molecule has 0 radical (unpaired) electrons. The number of amides is 2. The lowest BCUT2D eigenvalue weighted by molar-refractivity contribution is -0.870. The van der Waals surface area contributed by atoms with Crippen LogP contribution >= 0.6 is 0 Å². The zero-order valence-electron chi connectivity index (χ0n) is 22.5. The van der Waals surface area contributed by atoms with Gasteiger partial charge in [-0.2, -0.15) is 0 Å². The summed E-state index contributed by atoms with van der Waals surface area (Å²) < 4.78 is 0.844. The number of rotatable bonds is 5. The number of nitrogens with zero attached hydrogens (tertiary/aromatic N) is 4. The molecule has 0 bridgehead atoms. The molecule has 2 aliphatic heterocycles. The predicted molar refractivity (Wildman–Crippen MR) is 136 cm³/mol. The van der Waals surface area contributed by atoms with Crippen molar-refractivity contribution < 1.29 is 34.8 Å². The highest BCUT2D eigenvalue weighted by atomic mass is 16.3. The van der Waals surface area contributed by atoms with Crippen LogP contribution < -0.4 is 15.7 Å². The summed E-state index contributed by atoms with van der Waals surface area (Å²) in [5.41, 5.74) is 0.846. The van der Waals surface area contributed by atoms with Gasteiger partial charge in [-0.1, -0.05) is 0 Å². The van der Waals surface area contributed by atoms with E-state index < -0.39 is 12.3 Å². The molecular weight excluding hydrogens is 468 g/mol. The summed E-state index contributed by atoms with van der Waals surface area (Å²) in [6.07, 6.45) is 0.217. The quantitative estimate of drug-likeness (QED) is 0.293. The summed E-state index contributed by atoms with van der Waals surface area (Å²) >= 11 is 0. The van der Waals surface area contributed by atoms with Crippen molar-refractivity contribution in [3.8, 4) is 11.5 Å². The van der Waals surface area contributed by atoms with E-state index in [0.717, 1.165) is 15.9 Å². The lowest BCUT2D eigenvalue weighted by atomic mass is 10.1. The number of hydrogen-bond acceptors (Lipinski definition) is 9. The minimum absolute atomic E-state index is 0.0511. The number of phenolic OH excluding ortho intramolecular Hbond substituents is 2. The Morgan fingerprint density at radius 2 is 1.72 bits per heavy atom. The normalized spacial score (nSPS) is 18.1. The molecule has 2 aliphatic rings. The highest BCUT2D eigenvalue weighted by Crippen LogP contribution is 2.25. The average Bonchev–Trinajstić information content (AvgIpc) is 3.24. The third-order valence-electron chi connectivity index (χ3n) is 5.09. The van der Waals surface area contributed by atoms with Gasteiger partial charge in [-0.25, -0.2) is 9.79 Å². The van der Waals surface area contributed by atoms with Crippen LogP contribution in [0, 0.1) is 0 Å². The first-order chi connectivity index (χ1) is 16.5. The van der Waals surface area contributed by atoms with Crippen LogP contribution in [0.4, 0.5) is 4.79 Å². The summed E-state index contributed by atoms with van der Waals surface area (Å²) in [6.45, 7) is 7.48. The van der Waals surface area contributed by atoms with E-state index in [4.69, 9.17) is 5.11 Å². The van der Waals surface area contributed by atoms with E-state index in [1.165, 1.54) is 36.5 Å². The third-order valence-corrected chi connectivity index (χ3v) is 5.09. The molecule has 0 saturated carbocycles. The van der Waals surface area contributed by atoms with Crippen molar-refractivity contribution in [3.05, 3.63) is 35.3 Å². The summed E-state index contributed by atoms with van der Waals surface area (Å²) in [7, 11) is 9.22. The molecule has 1 aromatic rings. The molecule has 6 N–H and O–H groups in total. The van der Waals surface area contributed by atoms with Gasteiger partial charge >= 0.3 is 6.03 Å². The van der Waals surface area contributed by atoms with Crippen LogP contribution in [-0.2, 0) is 0 Å². The van der Waals surface area contributed by atoms with E-state index in [1.807, 2.05) is 20.8 Å². The van der Waals surface area contributed by atoms with Crippen LogP contribution in [-0.4, -0.2) is 114 Å². The Kier molecular flexibility index (Phi) is 11.0. The van der Waals surface area contributed by atoms with Gasteiger partial charge < -0.3 is 45.5 Å². The van der Waals surface area contributed by atoms with Crippen molar-refractivity contribution in [3.63, 3.8) is 0 Å². The van der Waals surface area contributed by atoms with E-state index >= 15 is 0 Å². The van der Waals surface area contributed by atoms with Crippen molar-refractivity contribution in [1.82, 2.24) is 20.4 Å². The van der Waals surface area contributed by atoms with Crippen LogP contribution in [0.15, 0.2) is 34.8 Å². The molecule has 204 valence electrons. The molecule has 2 unspecified atom stereocenters. The summed E-state index contributed by atoms with van der Waals surface area (Å²) in [4.78, 5) is 17.8. The molecule has 2 atom stereocenters. The van der Waals surface area contributed by atoms with Crippen LogP contribution in [0.1, 0.15) is 32.4 Å². The molecular formula is C24H42N6O6. The van der Waals surface area contributed by atoms with Gasteiger partial charge in [0, 0.05) is 32.2 Å². The maximum Gasteiger partial charge on any atom is 0.325 e. The number of carbonyl (C=O) groups excluding carboxylic acids is 1. The number of carbonyl (C=O) groups is 1. The first kappa shape index (κ1) is 31.0. The number of likely N-dealkylation sites (N-methyl/N-ethyl adjacent to an activating group) is 2. The van der Waals surface area contributed by atoms with E-state index in [2.05, 4.69) is 36.8 Å². The first-order valence-corrected chi connectivity index (χ1v) is 11.5. The topological polar surface area (TPSA) is 164 Å². The highest BCUT2D eigenvalue weighted by Gasteiger charge is 2.33. The van der Waals surface area contributed by atoms with Crippen LogP contribution in [0.5, 0.6) is 11.5 Å². The lowest BCUT2D eigenvalue weighted by Crippen LogP contribution is -2.52. The van der Waals surface area contributed by atoms with E-state index in [-0.39, 0.29) is 35.6 Å². The number of quaternary nitrogens is 1. The van der Waals surface area contributed by atoms with Crippen molar-refractivity contribution in [2.24, 2.45) is 4.99 Å². The molecule has 36 heavy (non-hydrogen) atoms. The van der Waals surface area contributed by atoms with Gasteiger partial charge in [0.15, 0.2) is 6.17 Å². The maximum absolute atomic E-state index is 11.5.